The molecule has 2 N–H and O–H groups in total. The van der Waals surface area contributed by atoms with Crippen LogP contribution in [0.5, 0.6) is 0 Å². The maximum atomic E-state index is 6.37. The van der Waals surface area contributed by atoms with Gasteiger partial charge in [0.25, 0.3) is 0 Å². The fraction of sp³-hybridized carbons (Fsp3) is 0.240. The highest BCUT2D eigenvalue weighted by Crippen LogP contribution is 2.32. The summed E-state index contributed by atoms with van der Waals surface area (Å²) >= 11 is 6.37. The van der Waals surface area contributed by atoms with E-state index in [9.17, 15) is 0 Å². The zero-order chi connectivity index (χ0) is 22.9. The van der Waals surface area contributed by atoms with Gasteiger partial charge in [-0.2, -0.15) is 5.10 Å². The topological polar surface area (TPSA) is 77.8 Å². The molecule has 168 valence electrons. The zero-order valence-corrected chi connectivity index (χ0v) is 19.5. The van der Waals surface area contributed by atoms with Gasteiger partial charge in [0.1, 0.15) is 17.8 Å². The van der Waals surface area contributed by atoms with E-state index in [1.165, 1.54) is 6.33 Å². The van der Waals surface area contributed by atoms with E-state index in [1.54, 1.807) is 0 Å². The highest BCUT2D eigenvalue weighted by Gasteiger charge is 2.17. The van der Waals surface area contributed by atoms with E-state index in [0.29, 0.717) is 12.4 Å². The van der Waals surface area contributed by atoms with Gasteiger partial charge in [-0.15, -0.1) is 0 Å². The van der Waals surface area contributed by atoms with Crippen molar-refractivity contribution in [1.82, 2.24) is 29.2 Å². The van der Waals surface area contributed by atoms with Crippen LogP contribution in [0.15, 0.2) is 61.1 Å². The Morgan fingerprint density at radius 2 is 1.91 bits per heavy atom. The number of aromatic nitrogens is 5. The first-order valence-corrected chi connectivity index (χ1v) is 11.3. The highest BCUT2D eigenvalue weighted by atomic mass is 35.5. The van der Waals surface area contributed by atoms with Crippen molar-refractivity contribution in [3.05, 3.63) is 71.6 Å². The van der Waals surface area contributed by atoms with Crippen LogP contribution in [0, 0.1) is 0 Å². The lowest BCUT2D eigenvalue weighted by Gasteiger charge is -2.09. The number of aryl methyl sites for hydroxylation is 1. The molecular weight excluding hydrogens is 434 g/mol. The third-order valence-corrected chi connectivity index (χ3v) is 6.25. The molecule has 0 spiro atoms. The average Bonchev–Trinajstić information content (AvgIpc) is 3.37. The van der Waals surface area contributed by atoms with Crippen LogP contribution >= 0.6 is 11.6 Å². The number of hydrogen-bond acceptors (Lipinski definition) is 5. The highest BCUT2D eigenvalue weighted by molar-refractivity contribution is 6.31. The van der Waals surface area contributed by atoms with Gasteiger partial charge in [-0.1, -0.05) is 35.9 Å². The van der Waals surface area contributed by atoms with Crippen molar-refractivity contribution in [3.63, 3.8) is 0 Å². The fourth-order valence-corrected chi connectivity index (χ4v) is 4.42. The minimum Gasteiger partial charge on any atom is -0.383 e. The molecule has 33 heavy (non-hydrogen) atoms. The standard InChI is InChI=1S/C25H26ClN7/c1-31(2)11-5-12-33-25-22(24(27)28-16-29-25)23(30-33)18-8-9-21-17(14-18)10-13-32(21)15-19-6-3-4-7-20(19)26/h3-4,6-10,13-14,16H,5,11-12,15H2,1-2H3,(H2,27,28,29). The van der Waals surface area contributed by atoms with E-state index in [4.69, 9.17) is 22.4 Å². The molecule has 5 aromatic rings. The molecule has 0 amide bonds. The maximum Gasteiger partial charge on any atom is 0.163 e. The lowest BCUT2D eigenvalue weighted by Crippen LogP contribution is -2.15. The summed E-state index contributed by atoms with van der Waals surface area (Å²) in [4.78, 5) is 10.9. The number of halogens is 1. The summed E-state index contributed by atoms with van der Waals surface area (Å²) in [5.41, 5.74) is 11.1. The van der Waals surface area contributed by atoms with E-state index < -0.39 is 0 Å². The molecular formula is C25H26ClN7. The first kappa shape index (κ1) is 21.4. The lowest BCUT2D eigenvalue weighted by molar-refractivity contribution is 0.382. The van der Waals surface area contributed by atoms with Crippen LogP contribution in [0.25, 0.3) is 33.2 Å². The Kier molecular flexibility index (Phi) is 5.74. The van der Waals surface area contributed by atoms with E-state index in [1.807, 2.05) is 22.9 Å². The summed E-state index contributed by atoms with van der Waals surface area (Å²) in [6, 6.07) is 16.4. The second kappa shape index (κ2) is 8.84. The van der Waals surface area contributed by atoms with Gasteiger partial charge in [0.15, 0.2) is 5.65 Å². The normalized spacial score (nSPS) is 11.8. The molecule has 0 saturated carbocycles. The first-order valence-electron chi connectivity index (χ1n) is 11.0. The molecule has 0 saturated heterocycles. The predicted molar refractivity (Wildman–Crippen MR) is 134 cm³/mol. The Labute approximate surface area is 197 Å². The van der Waals surface area contributed by atoms with Gasteiger partial charge in [0, 0.05) is 40.8 Å². The SMILES string of the molecule is CN(C)CCCn1nc(-c2ccc3c(ccn3Cc3ccccc3Cl)c2)c2c(N)ncnc21. The molecule has 0 unspecified atom stereocenters. The molecule has 5 rings (SSSR count). The van der Waals surface area contributed by atoms with Crippen molar-refractivity contribution in [3.8, 4) is 11.3 Å². The van der Waals surface area contributed by atoms with Crippen molar-refractivity contribution in [1.29, 1.82) is 0 Å². The van der Waals surface area contributed by atoms with Gasteiger partial charge in [0.2, 0.25) is 0 Å². The van der Waals surface area contributed by atoms with Gasteiger partial charge in [-0.25, -0.2) is 14.6 Å². The van der Waals surface area contributed by atoms with Crippen LogP contribution in [0.4, 0.5) is 5.82 Å². The summed E-state index contributed by atoms with van der Waals surface area (Å²) in [5.74, 6) is 0.449. The monoisotopic (exact) mass is 459 g/mol. The average molecular weight is 460 g/mol. The molecule has 0 radical (unpaired) electrons. The zero-order valence-electron chi connectivity index (χ0n) is 18.7. The maximum absolute atomic E-state index is 6.37. The second-order valence-electron chi connectivity index (χ2n) is 8.49. The Bertz CT molecular complexity index is 1430. The van der Waals surface area contributed by atoms with Crippen molar-refractivity contribution < 1.29 is 0 Å². The van der Waals surface area contributed by atoms with E-state index in [-0.39, 0.29) is 0 Å². The number of nitrogens with zero attached hydrogens (tertiary/aromatic N) is 6. The number of hydrogen-bond donors (Lipinski definition) is 1. The minimum atomic E-state index is 0.449. The molecule has 0 atom stereocenters. The summed E-state index contributed by atoms with van der Waals surface area (Å²) < 4.78 is 4.15. The van der Waals surface area contributed by atoms with E-state index in [2.05, 4.69) is 70.1 Å². The molecule has 0 bridgehead atoms. The predicted octanol–water partition coefficient (Wildman–Crippen LogP) is 4.68. The number of benzene rings is 2. The Morgan fingerprint density at radius 1 is 1.06 bits per heavy atom. The van der Waals surface area contributed by atoms with Crippen molar-refractivity contribution >= 4 is 39.4 Å². The Balaban J connectivity index is 1.53. The number of nitrogen functional groups attached to an aromatic ring is 1. The molecule has 0 fully saturated rings. The van der Waals surface area contributed by atoms with Gasteiger partial charge >= 0.3 is 0 Å². The molecule has 8 heteroatoms. The van der Waals surface area contributed by atoms with Crippen molar-refractivity contribution in [2.24, 2.45) is 0 Å². The van der Waals surface area contributed by atoms with Crippen LogP contribution in [-0.4, -0.2) is 49.9 Å². The Hall–Kier alpha value is -3.42. The summed E-state index contributed by atoms with van der Waals surface area (Å²) in [6.07, 6.45) is 4.56. The number of nitrogens with two attached hydrogens (primary N) is 1. The molecule has 0 aliphatic carbocycles. The van der Waals surface area contributed by atoms with Crippen LogP contribution in [0.1, 0.15) is 12.0 Å². The van der Waals surface area contributed by atoms with Gasteiger partial charge < -0.3 is 15.2 Å². The fourth-order valence-electron chi connectivity index (χ4n) is 4.22. The number of rotatable bonds is 7. The summed E-state index contributed by atoms with van der Waals surface area (Å²) in [5, 5.41) is 7.61. The number of anilines is 1. The van der Waals surface area contributed by atoms with Crippen LogP contribution in [-0.2, 0) is 13.1 Å². The summed E-state index contributed by atoms with van der Waals surface area (Å²) in [7, 11) is 4.14. The molecule has 3 aromatic heterocycles. The van der Waals surface area contributed by atoms with Crippen LogP contribution in [0.3, 0.4) is 0 Å². The molecule has 7 nitrogen and oxygen atoms in total. The molecule has 0 aliphatic rings. The quantitative estimate of drug-likeness (QED) is 0.382. The van der Waals surface area contributed by atoms with Crippen LogP contribution in [0.2, 0.25) is 5.02 Å². The van der Waals surface area contributed by atoms with Gasteiger partial charge in [-0.3, -0.25) is 0 Å². The second-order valence-corrected chi connectivity index (χ2v) is 8.90. The largest absolute Gasteiger partial charge is 0.383 e. The number of fused-ring (bicyclic) bond motifs is 2. The first-order chi connectivity index (χ1) is 16.0. The van der Waals surface area contributed by atoms with Crippen LogP contribution < -0.4 is 5.73 Å². The molecule has 2 aromatic carbocycles. The smallest absolute Gasteiger partial charge is 0.163 e. The Morgan fingerprint density at radius 3 is 2.73 bits per heavy atom. The molecule has 0 aliphatic heterocycles. The van der Waals surface area contributed by atoms with Crippen molar-refractivity contribution in [2.75, 3.05) is 26.4 Å². The van der Waals surface area contributed by atoms with Crippen molar-refractivity contribution in [2.45, 2.75) is 19.5 Å². The third kappa shape index (κ3) is 4.17. The van der Waals surface area contributed by atoms with E-state index in [0.717, 1.165) is 63.3 Å². The lowest BCUT2D eigenvalue weighted by atomic mass is 10.1. The summed E-state index contributed by atoms with van der Waals surface area (Å²) in [6.45, 7) is 2.45. The van der Waals surface area contributed by atoms with E-state index >= 15 is 0 Å². The third-order valence-electron chi connectivity index (χ3n) is 5.88. The van der Waals surface area contributed by atoms with Gasteiger partial charge in [-0.05, 0) is 56.9 Å². The minimum absolute atomic E-state index is 0.449. The van der Waals surface area contributed by atoms with Gasteiger partial charge in [0.05, 0.1) is 5.39 Å². The molecule has 3 heterocycles.